The SMILES string of the molecule is CCc1nc(N(C)[C@@H](C)C(=O)O)c2oc3ccccc3c2n1. The summed E-state index contributed by atoms with van der Waals surface area (Å²) in [6.07, 6.45) is 0.664. The number of anilines is 1. The Morgan fingerprint density at radius 2 is 2.09 bits per heavy atom. The van der Waals surface area contributed by atoms with Crippen LogP contribution >= 0.6 is 0 Å². The molecular weight excluding hydrogens is 282 g/mol. The van der Waals surface area contributed by atoms with Gasteiger partial charge in [-0.25, -0.2) is 14.8 Å². The van der Waals surface area contributed by atoms with Crippen LogP contribution in [0.1, 0.15) is 19.7 Å². The molecule has 0 aliphatic carbocycles. The average Bonchev–Trinajstić information content (AvgIpc) is 2.91. The van der Waals surface area contributed by atoms with Gasteiger partial charge in [-0.05, 0) is 19.1 Å². The molecule has 1 atom stereocenters. The molecule has 0 aliphatic rings. The number of benzene rings is 1. The van der Waals surface area contributed by atoms with Gasteiger partial charge in [0.15, 0.2) is 11.4 Å². The Morgan fingerprint density at radius 1 is 1.36 bits per heavy atom. The van der Waals surface area contributed by atoms with Crippen LogP contribution < -0.4 is 4.90 Å². The molecule has 0 amide bonds. The lowest BCUT2D eigenvalue weighted by atomic mass is 10.2. The summed E-state index contributed by atoms with van der Waals surface area (Å²) in [5.41, 5.74) is 1.97. The number of furan rings is 1. The normalized spacial score (nSPS) is 12.7. The summed E-state index contributed by atoms with van der Waals surface area (Å²) in [5.74, 6) is 0.259. The van der Waals surface area contributed by atoms with Gasteiger partial charge in [-0.1, -0.05) is 19.1 Å². The van der Waals surface area contributed by atoms with Crippen LogP contribution in [-0.4, -0.2) is 34.1 Å². The standard InChI is InChI=1S/C16H17N3O3/c1-4-12-17-13-10-7-5-6-8-11(10)22-14(13)15(18-12)19(3)9(2)16(20)21/h5-9H,4H2,1-3H3,(H,20,21)/t9-/m0/s1. The second-order valence-electron chi connectivity index (χ2n) is 5.22. The summed E-state index contributed by atoms with van der Waals surface area (Å²) in [6, 6.07) is 6.91. The Balaban J connectivity index is 2.30. The quantitative estimate of drug-likeness (QED) is 0.798. The Kier molecular flexibility index (Phi) is 3.44. The second-order valence-corrected chi connectivity index (χ2v) is 5.22. The van der Waals surface area contributed by atoms with Crippen molar-refractivity contribution in [2.45, 2.75) is 26.3 Å². The van der Waals surface area contributed by atoms with Crippen molar-refractivity contribution in [3.8, 4) is 0 Å². The van der Waals surface area contributed by atoms with Gasteiger partial charge in [0, 0.05) is 18.9 Å². The molecule has 22 heavy (non-hydrogen) atoms. The highest BCUT2D eigenvalue weighted by Crippen LogP contribution is 2.33. The minimum Gasteiger partial charge on any atom is -0.480 e. The molecule has 6 heteroatoms. The van der Waals surface area contributed by atoms with Crippen LogP contribution in [0, 0.1) is 0 Å². The lowest BCUT2D eigenvalue weighted by Gasteiger charge is -2.22. The number of fused-ring (bicyclic) bond motifs is 3. The topological polar surface area (TPSA) is 79.5 Å². The van der Waals surface area contributed by atoms with Gasteiger partial charge in [0.05, 0.1) is 0 Å². The van der Waals surface area contributed by atoms with Crippen LogP contribution in [0.4, 0.5) is 5.82 Å². The third kappa shape index (κ3) is 2.16. The first-order valence-electron chi connectivity index (χ1n) is 7.16. The monoisotopic (exact) mass is 299 g/mol. The lowest BCUT2D eigenvalue weighted by molar-refractivity contribution is -0.138. The molecule has 0 saturated heterocycles. The van der Waals surface area contributed by atoms with E-state index in [1.165, 1.54) is 0 Å². The first-order valence-corrected chi connectivity index (χ1v) is 7.16. The first-order chi connectivity index (χ1) is 10.5. The van der Waals surface area contributed by atoms with Crippen LogP contribution in [0.3, 0.4) is 0 Å². The number of nitrogens with zero attached hydrogens (tertiary/aromatic N) is 3. The van der Waals surface area contributed by atoms with Crippen molar-refractivity contribution in [1.82, 2.24) is 9.97 Å². The number of hydrogen-bond acceptors (Lipinski definition) is 5. The Morgan fingerprint density at radius 3 is 2.77 bits per heavy atom. The molecule has 114 valence electrons. The zero-order valence-corrected chi connectivity index (χ0v) is 12.7. The molecule has 1 N–H and O–H groups in total. The zero-order chi connectivity index (χ0) is 15.9. The number of aliphatic carboxylic acids is 1. The van der Waals surface area contributed by atoms with Gasteiger partial charge >= 0.3 is 5.97 Å². The average molecular weight is 299 g/mol. The van der Waals surface area contributed by atoms with Crippen LogP contribution in [-0.2, 0) is 11.2 Å². The number of hydrogen-bond donors (Lipinski definition) is 1. The number of carbonyl (C=O) groups is 1. The summed E-state index contributed by atoms with van der Waals surface area (Å²) in [5, 5.41) is 10.1. The van der Waals surface area contributed by atoms with E-state index in [1.54, 1.807) is 18.9 Å². The molecule has 3 aromatic rings. The van der Waals surface area contributed by atoms with E-state index in [9.17, 15) is 9.90 Å². The van der Waals surface area contributed by atoms with Gasteiger partial charge in [-0.2, -0.15) is 0 Å². The summed E-state index contributed by atoms with van der Waals surface area (Å²) in [7, 11) is 1.70. The van der Waals surface area contributed by atoms with Crippen molar-refractivity contribution < 1.29 is 14.3 Å². The van der Waals surface area contributed by atoms with Gasteiger partial charge in [0.25, 0.3) is 0 Å². The number of carboxylic acids is 1. The second kappa shape index (κ2) is 5.29. The Bertz CT molecular complexity index is 856. The number of para-hydroxylation sites is 1. The molecular formula is C16H17N3O3. The van der Waals surface area contributed by atoms with E-state index in [-0.39, 0.29) is 0 Å². The number of aryl methyl sites for hydroxylation is 1. The summed E-state index contributed by atoms with van der Waals surface area (Å²) in [6.45, 7) is 3.58. The zero-order valence-electron chi connectivity index (χ0n) is 12.7. The molecule has 2 heterocycles. The molecule has 2 aromatic heterocycles. The Hall–Kier alpha value is -2.63. The molecule has 0 bridgehead atoms. The highest BCUT2D eigenvalue weighted by molar-refractivity contribution is 6.06. The highest BCUT2D eigenvalue weighted by atomic mass is 16.4. The summed E-state index contributed by atoms with van der Waals surface area (Å²) < 4.78 is 5.87. The van der Waals surface area contributed by atoms with E-state index in [0.29, 0.717) is 23.6 Å². The number of likely N-dealkylation sites (N-methyl/N-ethyl adjacent to an activating group) is 1. The van der Waals surface area contributed by atoms with Crippen molar-refractivity contribution >= 4 is 33.9 Å². The molecule has 0 saturated carbocycles. The van der Waals surface area contributed by atoms with E-state index in [2.05, 4.69) is 9.97 Å². The predicted octanol–water partition coefficient (Wildman–Crippen LogP) is 2.85. The van der Waals surface area contributed by atoms with Gasteiger partial charge in [-0.3, -0.25) is 0 Å². The van der Waals surface area contributed by atoms with Crippen molar-refractivity contribution in [2.75, 3.05) is 11.9 Å². The molecule has 3 rings (SSSR count). The molecule has 1 aromatic carbocycles. The predicted molar refractivity (Wildman–Crippen MR) is 84.2 cm³/mol. The van der Waals surface area contributed by atoms with Crippen LogP contribution in [0.25, 0.3) is 22.1 Å². The fourth-order valence-corrected chi connectivity index (χ4v) is 2.37. The fraction of sp³-hybridized carbons (Fsp3) is 0.312. The fourth-order valence-electron chi connectivity index (χ4n) is 2.37. The maximum atomic E-state index is 11.3. The van der Waals surface area contributed by atoms with Crippen LogP contribution in [0.2, 0.25) is 0 Å². The van der Waals surface area contributed by atoms with Gasteiger partial charge in [0.1, 0.15) is 23.0 Å². The van der Waals surface area contributed by atoms with E-state index >= 15 is 0 Å². The minimum atomic E-state index is -0.913. The molecule has 0 unspecified atom stereocenters. The number of carboxylic acid groups (broad SMARTS) is 1. The third-order valence-electron chi connectivity index (χ3n) is 3.84. The Labute approximate surface area is 127 Å². The minimum absolute atomic E-state index is 0.507. The van der Waals surface area contributed by atoms with E-state index in [1.807, 2.05) is 31.2 Å². The van der Waals surface area contributed by atoms with Crippen molar-refractivity contribution in [2.24, 2.45) is 0 Å². The maximum absolute atomic E-state index is 11.3. The first kappa shape index (κ1) is 14.3. The smallest absolute Gasteiger partial charge is 0.326 e. The van der Waals surface area contributed by atoms with Crippen LogP contribution in [0.15, 0.2) is 28.7 Å². The molecule has 0 aliphatic heterocycles. The van der Waals surface area contributed by atoms with E-state index in [4.69, 9.17) is 4.42 Å². The molecule has 0 fully saturated rings. The van der Waals surface area contributed by atoms with E-state index in [0.717, 1.165) is 16.5 Å². The summed E-state index contributed by atoms with van der Waals surface area (Å²) in [4.78, 5) is 21.9. The molecule has 0 radical (unpaired) electrons. The van der Waals surface area contributed by atoms with Crippen LogP contribution in [0.5, 0.6) is 0 Å². The molecule has 0 spiro atoms. The summed E-state index contributed by atoms with van der Waals surface area (Å²) >= 11 is 0. The van der Waals surface area contributed by atoms with Gasteiger partial charge in [-0.15, -0.1) is 0 Å². The van der Waals surface area contributed by atoms with Crippen molar-refractivity contribution in [1.29, 1.82) is 0 Å². The van der Waals surface area contributed by atoms with E-state index < -0.39 is 12.0 Å². The van der Waals surface area contributed by atoms with Crippen molar-refractivity contribution in [3.05, 3.63) is 30.1 Å². The lowest BCUT2D eigenvalue weighted by Crippen LogP contribution is -2.36. The van der Waals surface area contributed by atoms with Gasteiger partial charge in [0.2, 0.25) is 0 Å². The number of rotatable bonds is 4. The van der Waals surface area contributed by atoms with Crippen molar-refractivity contribution in [3.63, 3.8) is 0 Å². The largest absolute Gasteiger partial charge is 0.480 e. The van der Waals surface area contributed by atoms with Gasteiger partial charge < -0.3 is 14.4 Å². The number of aromatic nitrogens is 2. The maximum Gasteiger partial charge on any atom is 0.326 e. The molecule has 6 nitrogen and oxygen atoms in total. The third-order valence-corrected chi connectivity index (χ3v) is 3.84. The highest BCUT2D eigenvalue weighted by Gasteiger charge is 2.24.